The minimum atomic E-state index is -0.476. The molecule has 1 atom stereocenters. The minimum absolute atomic E-state index is 0.364. The van der Waals surface area contributed by atoms with E-state index in [0.717, 1.165) is 24.7 Å². The molecular weight excluding hydrogens is 288 g/mol. The number of nitrogens with zero attached hydrogens (tertiary/aromatic N) is 6. The molecule has 1 fully saturated rings. The van der Waals surface area contributed by atoms with Gasteiger partial charge in [-0.3, -0.25) is 0 Å². The van der Waals surface area contributed by atoms with Crippen molar-refractivity contribution in [2.24, 2.45) is 5.92 Å². The number of β-amino-alcohol motifs (C(OH)–C–C–N with tert-alkyl or cyclic N) is 1. The number of hydrogen-bond acceptors (Lipinski definition) is 7. The van der Waals surface area contributed by atoms with Crippen LogP contribution in [0.5, 0.6) is 0 Å². The van der Waals surface area contributed by atoms with Gasteiger partial charge in [-0.1, -0.05) is 6.92 Å². The Bertz CT molecular complexity index is 549. The Morgan fingerprint density at radius 3 is 2.90 bits per heavy atom. The number of tetrazole rings is 1. The molecule has 1 aliphatic heterocycles. The van der Waals surface area contributed by atoms with Crippen LogP contribution in [0.4, 0.5) is 0 Å². The molecular formula is C13H20N6OS. The van der Waals surface area contributed by atoms with Crippen molar-refractivity contribution in [1.82, 2.24) is 30.1 Å². The third-order valence-electron chi connectivity index (χ3n) is 3.83. The first-order valence-corrected chi connectivity index (χ1v) is 8.22. The fourth-order valence-corrected chi connectivity index (χ4v) is 3.07. The molecule has 0 bridgehead atoms. The van der Waals surface area contributed by atoms with Crippen molar-refractivity contribution in [3.8, 4) is 11.5 Å². The zero-order valence-corrected chi connectivity index (χ0v) is 12.9. The second kappa shape index (κ2) is 6.59. The molecule has 0 aliphatic carbocycles. The van der Waals surface area contributed by atoms with E-state index >= 15 is 0 Å². The molecule has 0 saturated carbocycles. The van der Waals surface area contributed by atoms with Gasteiger partial charge in [0.15, 0.2) is 0 Å². The van der Waals surface area contributed by atoms with Gasteiger partial charge in [0.2, 0.25) is 5.82 Å². The van der Waals surface area contributed by atoms with Crippen LogP contribution in [0.25, 0.3) is 11.5 Å². The number of aliphatic hydroxyl groups is 1. The molecule has 0 radical (unpaired) electrons. The second-order valence-corrected chi connectivity index (χ2v) is 6.40. The molecule has 3 heterocycles. The van der Waals surface area contributed by atoms with Crippen LogP contribution in [0, 0.1) is 5.92 Å². The van der Waals surface area contributed by atoms with Gasteiger partial charge in [0.25, 0.3) is 0 Å². The third kappa shape index (κ3) is 3.84. The highest BCUT2D eigenvalue weighted by Crippen LogP contribution is 2.16. The van der Waals surface area contributed by atoms with Gasteiger partial charge >= 0.3 is 0 Å². The highest BCUT2D eigenvalue weighted by molar-refractivity contribution is 7.07. The van der Waals surface area contributed by atoms with Crippen LogP contribution in [0.15, 0.2) is 10.9 Å². The van der Waals surface area contributed by atoms with Gasteiger partial charge in [-0.2, -0.15) is 4.80 Å². The Kier molecular flexibility index (Phi) is 4.57. The van der Waals surface area contributed by atoms with E-state index in [1.54, 1.807) is 5.51 Å². The van der Waals surface area contributed by atoms with Crippen LogP contribution in [0.1, 0.15) is 19.8 Å². The van der Waals surface area contributed by atoms with Crippen LogP contribution < -0.4 is 0 Å². The predicted molar refractivity (Wildman–Crippen MR) is 79.8 cm³/mol. The summed E-state index contributed by atoms with van der Waals surface area (Å²) >= 11 is 1.50. The van der Waals surface area contributed by atoms with E-state index in [-0.39, 0.29) is 0 Å². The minimum Gasteiger partial charge on any atom is -0.390 e. The maximum Gasteiger partial charge on any atom is 0.224 e. The fourth-order valence-electron chi connectivity index (χ4n) is 2.53. The molecule has 1 aliphatic rings. The average molecular weight is 308 g/mol. The SMILES string of the molecule is CC1CCN(CC(O)Cn2nnc(-c3cscn3)n2)CC1. The lowest BCUT2D eigenvalue weighted by atomic mass is 9.99. The summed E-state index contributed by atoms with van der Waals surface area (Å²) in [4.78, 5) is 7.91. The molecule has 0 amide bonds. The van der Waals surface area contributed by atoms with Gasteiger partial charge in [0, 0.05) is 11.9 Å². The van der Waals surface area contributed by atoms with Gasteiger partial charge in [-0.15, -0.1) is 21.5 Å². The van der Waals surface area contributed by atoms with Gasteiger partial charge in [-0.05, 0) is 37.1 Å². The van der Waals surface area contributed by atoms with Crippen molar-refractivity contribution in [3.63, 3.8) is 0 Å². The standard InChI is InChI=1S/C13H20N6OS/c1-10-2-4-18(5-3-10)6-11(20)7-19-16-13(15-17-19)12-8-21-9-14-12/h8-11,20H,2-7H2,1H3. The molecule has 1 saturated heterocycles. The molecule has 2 aromatic rings. The molecule has 3 rings (SSSR count). The quantitative estimate of drug-likeness (QED) is 0.883. The van der Waals surface area contributed by atoms with Gasteiger partial charge in [0.1, 0.15) is 5.69 Å². The maximum absolute atomic E-state index is 10.2. The summed E-state index contributed by atoms with van der Waals surface area (Å²) in [6, 6.07) is 0. The van der Waals surface area contributed by atoms with E-state index in [9.17, 15) is 5.11 Å². The summed E-state index contributed by atoms with van der Waals surface area (Å²) < 4.78 is 0. The third-order valence-corrected chi connectivity index (χ3v) is 4.42. The number of aliphatic hydroxyl groups excluding tert-OH is 1. The van der Waals surface area contributed by atoms with Crippen molar-refractivity contribution in [3.05, 3.63) is 10.9 Å². The van der Waals surface area contributed by atoms with E-state index < -0.39 is 6.10 Å². The molecule has 8 heteroatoms. The van der Waals surface area contributed by atoms with Gasteiger partial charge in [0.05, 0.1) is 18.2 Å². The van der Waals surface area contributed by atoms with Crippen molar-refractivity contribution >= 4 is 11.3 Å². The maximum atomic E-state index is 10.2. The van der Waals surface area contributed by atoms with E-state index in [0.29, 0.717) is 18.9 Å². The second-order valence-electron chi connectivity index (χ2n) is 5.68. The first kappa shape index (κ1) is 14.6. The number of rotatable bonds is 5. The number of aromatic nitrogens is 5. The first-order chi connectivity index (χ1) is 10.2. The molecule has 21 heavy (non-hydrogen) atoms. The number of thiazole rings is 1. The van der Waals surface area contributed by atoms with Crippen molar-refractivity contribution < 1.29 is 5.11 Å². The van der Waals surface area contributed by atoms with E-state index in [4.69, 9.17) is 0 Å². The molecule has 2 aromatic heterocycles. The summed E-state index contributed by atoms with van der Waals surface area (Å²) in [7, 11) is 0. The largest absolute Gasteiger partial charge is 0.390 e. The van der Waals surface area contributed by atoms with E-state index in [1.165, 1.54) is 29.0 Å². The highest BCUT2D eigenvalue weighted by atomic mass is 32.1. The summed E-state index contributed by atoms with van der Waals surface area (Å²) in [5, 5.41) is 24.3. The molecule has 0 aromatic carbocycles. The van der Waals surface area contributed by atoms with Crippen molar-refractivity contribution in [1.29, 1.82) is 0 Å². The lowest BCUT2D eigenvalue weighted by Gasteiger charge is -2.31. The smallest absolute Gasteiger partial charge is 0.224 e. The molecule has 1 N–H and O–H groups in total. The highest BCUT2D eigenvalue weighted by Gasteiger charge is 2.19. The Hall–Kier alpha value is -1.38. The fraction of sp³-hybridized carbons (Fsp3) is 0.692. The van der Waals surface area contributed by atoms with E-state index in [1.807, 2.05) is 5.38 Å². The summed E-state index contributed by atoms with van der Waals surface area (Å²) in [5.41, 5.74) is 2.47. The zero-order chi connectivity index (χ0) is 14.7. The Morgan fingerprint density at radius 1 is 1.38 bits per heavy atom. The van der Waals surface area contributed by atoms with Crippen LogP contribution in [0.3, 0.4) is 0 Å². The monoisotopic (exact) mass is 308 g/mol. The summed E-state index contributed by atoms with van der Waals surface area (Å²) in [5.74, 6) is 1.31. The van der Waals surface area contributed by atoms with Crippen LogP contribution in [-0.4, -0.2) is 60.9 Å². The number of piperidine rings is 1. The predicted octanol–water partition coefficient (Wildman–Crippen LogP) is 0.889. The van der Waals surface area contributed by atoms with Crippen molar-refractivity contribution in [2.75, 3.05) is 19.6 Å². The van der Waals surface area contributed by atoms with Crippen LogP contribution >= 0.6 is 11.3 Å². The molecule has 7 nitrogen and oxygen atoms in total. The molecule has 114 valence electrons. The first-order valence-electron chi connectivity index (χ1n) is 7.27. The van der Waals surface area contributed by atoms with E-state index in [2.05, 4.69) is 32.2 Å². The lowest BCUT2D eigenvalue weighted by molar-refractivity contribution is 0.0743. The Morgan fingerprint density at radius 2 is 2.19 bits per heavy atom. The molecule has 0 spiro atoms. The average Bonchev–Trinajstić information content (AvgIpc) is 3.12. The Balaban J connectivity index is 1.52. The Labute approximate surface area is 127 Å². The van der Waals surface area contributed by atoms with Gasteiger partial charge in [-0.25, -0.2) is 4.98 Å². The van der Waals surface area contributed by atoms with Crippen molar-refractivity contribution in [2.45, 2.75) is 32.4 Å². The number of hydrogen-bond donors (Lipinski definition) is 1. The normalized spacial score (nSPS) is 19.0. The zero-order valence-electron chi connectivity index (χ0n) is 12.1. The summed E-state index contributed by atoms with van der Waals surface area (Å²) in [6.07, 6.45) is 1.95. The van der Waals surface area contributed by atoms with Crippen LogP contribution in [-0.2, 0) is 6.54 Å². The lowest BCUT2D eigenvalue weighted by Crippen LogP contribution is -2.40. The number of likely N-dealkylation sites (tertiary alicyclic amines) is 1. The van der Waals surface area contributed by atoms with Crippen LogP contribution in [0.2, 0.25) is 0 Å². The van der Waals surface area contributed by atoms with Gasteiger partial charge < -0.3 is 10.0 Å². The summed E-state index contributed by atoms with van der Waals surface area (Å²) in [6.45, 7) is 5.44. The molecule has 1 unspecified atom stereocenters. The topological polar surface area (TPSA) is 80.0 Å².